The number of rotatable bonds is 3. The highest BCUT2D eigenvalue weighted by molar-refractivity contribution is 7.08. The van der Waals surface area contributed by atoms with Gasteiger partial charge in [0.15, 0.2) is 0 Å². The molecule has 2 N–H and O–H groups in total. The van der Waals surface area contributed by atoms with E-state index in [1.54, 1.807) is 11.3 Å². The first-order chi connectivity index (χ1) is 12.1. The molecular formula is C18H16N2O3S2. The molecule has 0 fully saturated rings. The number of nitro groups is 1. The molecule has 1 atom stereocenters. The molecule has 0 aromatic carbocycles. The van der Waals surface area contributed by atoms with Crippen molar-refractivity contribution in [2.75, 3.05) is 0 Å². The first-order valence-corrected chi connectivity index (χ1v) is 9.84. The Bertz CT molecular complexity index is 893. The highest BCUT2D eigenvalue weighted by Gasteiger charge is 2.42. The van der Waals surface area contributed by atoms with Crippen LogP contribution in [0.5, 0.6) is 0 Å². The van der Waals surface area contributed by atoms with Crippen molar-refractivity contribution < 1.29 is 9.66 Å². The molecule has 0 radical (unpaired) electrons. The molecule has 4 rings (SSSR count). The van der Waals surface area contributed by atoms with Gasteiger partial charge in [-0.3, -0.25) is 10.1 Å². The van der Waals surface area contributed by atoms with Crippen molar-refractivity contribution in [3.8, 4) is 0 Å². The third-order valence-electron chi connectivity index (χ3n) is 4.52. The largest absolute Gasteiger partial charge is 0.435 e. The van der Waals surface area contributed by atoms with Crippen LogP contribution in [0.4, 0.5) is 0 Å². The van der Waals surface area contributed by atoms with Gasteiger partial charge in [-0.05, 0) is 81.3 Å². The SMILES string of the molecule is NC1=C([N+](=O)[O-])C(c2ccsc2)C2=C(O1)C(=Cc1ccsc1)CCC2. The van der Waals surface area contributed by atoms with Crippen LogP contribution in [0.2, 0.25) is 0 Å². The Hall–Kier alpha value is -2.38. The van der Waals surface area contributed by atoms with E-state index in [4.69, 9.17) is 10.5 Å². The summed E-state index contributed by atoms with van der Waals surface area (Å²) in [5.74, 6) is 0.186. The summed E-state index contributed by atoms with van der Waals surface area (Å²) in [5.41, 5.74) is 9.98. The summed E-state index contributed by atoms with van der Waals surface area (Å²) in [7, 11) is 0. The Morgan fingerprint density at radius 2 is 2.04 bits per heavy atom. The smallest absolute Gasteiger partial charge is 0.317 e. The minimum atomic E-state index is -0.434. The van der Waals surface area contributed by atoms with Gasteiger partial charge in [0.1, 0.15) is 11.7 Å². The van der Waals surface area contributed by atoms with Gasteiger partial charge in [-0.1, -0.05) is 0 Å². The average Bonchev–Trinajstić information content (AvgIpc) is 3.27. The number of nitrogens with zero attached hydrogens (tertiary/aromatic N) is 1. The van der Waals surface area contributed by atoms with Crippen LogP contribution in [0.3, 0.4) is 0 Å². The monoisotopic (exact) mass is 372 g/mol. The Morgan fingerprint density at radius 1 is 1.24 bits per heavy atom. The van der Waals surface area contributed by atoms with Gasteiger partial charge in [0.25, 0.3) is 5.88 Å². The van der Waals surface area contributed by atoms with Gasteiger partial charge in [0.2, 0.25) is 0 Å². The molecular weight excluding hydrogens is 356 g/mol. The maximum absolute atomic E-state index is 11.6. The summed E-state index contributed by atoms with van der Waals surface area (Å²) in [6, 6.07) is 3.98. The van der Waals surface area contributed by atoms with Gasteiger partial charge in [-0.2, -0.15) is 22.7 Å². The highest BCUT2D eigenvalue weighted by atomic mass is 32.1. The second-order valence-electron chi connectivity index (χ2n) is 6.03. The molecule has 0 saturated heterocycles. The van der Waals surface area contributed by atoms with Gasteiger partial charge in [-0.15, -0.1) is 0 Å². The fraction of sp³-hybridized carbons (Fsp3) is 0.222. The first-order valence-electron chi connectivity index (χ1n) is 7.95. The molecule has 2 aromatic heterocycles. The molecule has 0 bridgehead atoms. The molecule has 0 spiro atoms. The third kappa shape index (κ3) is 2.89. The normalized spacial score (nSPS) is 22.1. The predicted molar refractivity (Wildman–Crippen MR) is 99.5 cm³/mol. The minimum absolute atomic E-state index is 0.0473. The van der Waals surface area contributed by atoms with E-state index in [1.807, 2.05) is 28.3 Å². The molecule has 0 saturated carbocycles. The van der Waals surface area contributed by atoms with Crippen molar-refractivity contribution in [3.05, 3.63) is 83.4 Å². The maximum Gasteiger partial charge on any atom is 0.317 e. The van der Waals surface area contributed by atoms with Crippen LogP contribution >= 0.6 is 22.7 Å². The van der Waals surface area contributed by atoms with E-state index < -0.39 is 10.8 Å². The van der Waals surface area contributed by atoms with Crippen LogP contribution in [0.15, 0.2) is 62.1 Å². The van der Waals surface area contributed by atoms with Gasteiger partial charge in [0.05, 0.1) is 4.92 Å². The van der Waals surface area contributed by atoms with E-state index in [0.717, 1.165) is 47.3 Å². The predicted octanol–water partition coefficient (Wildman–Crippen LogP) is 4.85. The number of hydrogen-bond acceptors (Lipinski definition) is 6. The average molecular weight is 372 g/mol. The lowest BCUT2D eigenvalue weighted by Crippen LogP contribution is -2.27. The van der Waals surface area contributed by atoms with E-state index >= 15 is 0 Å². The molecule has 3 heterocycles. The van der Waals surface area contributed by atoms with Crippen molar-refractivity contribution in [1.29, 1.82) is 0 Å². The molecule has 1 aliphatic carbocycles. The van der Waals surface area contributed by atoms with Crippen LogP contribution in [0.1, 0.15) is 36.3 Å². The summed E-state index contributed by atoms with van der Waals surface area (Å²) >= 11 is 3.17. The second kappa shape index (κ2) is 6.50. The summed E-state index contributed by atoms with van der Waals surface area (Å²) in [5, 5.41) is 19.6. The zero-order chi connectivity index (χ0) is 17.4. The molecule has 25 heavy (non-hydrogen) atoms. The van der Waals surface area contributed by atoms with Crippen LogP contribution in [-0.4, -0.2) is 4.92 Å². The molecule has 2 aliphatic rings. The zero-order valence-corrected chi connectivity index (χ0v) is 14.9. The maximum atomic E-state index is 11.6. The standard InChI is InChI=1S/C18H16N2O3S2/c19-18-16(20(21)22)15(13-5-7-25-10-13)14-3-1-2-12(17(14)23-18)8-11-4-6-24-9-11/h4-10,15H,1-3,19H2. The van der Waals surface area contributed by atoms with Crippen LogP contribution in [0, 0.1) is 10.1 Å². The van der Waals surface area contributed by atoms with Gasteiger partial charge in [0, 0.05) is 0 Å². The van der Waals surface area contributed by atoms with E-state index in [2.05, 4.69) is 11.5 Å². The van der Waals surface area contributed by atoms with Gasteiger partial charge in [-0.25, -0.2) is 0 Å². The molecule has 2 aromatic rings. The lowest BCUT2D eigenvalue weighted by Gasteiger charge is -2.31. The lowest BCUT2D eigenvalue weighted by molar-refractivity contribution is -0.433. The summed E-state index contributed by atoms with van der Waals surface area (Å²) in [6.07, 6.45) is 4.71. The topological polar surface area (TPSA) is 78.4 Å². The number of ether oxygens (including phenoxy) is 1. The first kappa shape index (κ1) is 16.1. The highest BCUT2D eigenvalue weighted by Crippen LogP contribution is 2.47. The summed E-state index contributed by atoms with van der Waals surface area (Å²) in [6.45, 7) is 0. The Kier molecular flexibility index (Phi) is 4.19. The molecule has 1 unspecified atom stereocenters. The Balaban J connectivity index is 1.85. The Morgan fingerprint density at radius 3 is 2.72 bits per heavy atom. The molecule has 128 valence electrons. The van der Waals surface area contributed by atoms with Crippen molar-refractivity contribution >= 4 is 28.7 Å². The molecule has 7 heteroatoms. The van der Waals surface area contributed by atoms with Crippen molar-refractivity contribution in [1.82, 2.24) is 0 Å². The minimum Gasteiger partial charge on any atom is -0.435 e. The molecule has 0 amide bonds. The van der Waals surface area contributed by atoms with E-state index in [-0.39, 0.29) is 11.6 Å². The van der Waals surface area contributed by atoms with Crippen molar-refractivity contribution in [2.24, 2.45) is 5.73 Å². The van der Waals surface area contributed by atoms with Crippen LogP contribution in [-0.2, 0) is 4.74 Å². The van der Waals surface area contributed by atoms with E-state index in [1.165, 1.54) is 11.3 Å². The second-order valence-corrected chi connectivity index (χ2v) is 7.59. The number of nitrogens with two attached hydrogens (primary N) is 1. The van der Waals surface area contributed by atoms with Crippen molar-refractivity contribution in [3.63, 3.8) is 0 Å². The van der Waals surface area contributed by atoms with E-state index in [9.17, 15) is 10.1 Å². The number of allylic oxidation sites excluding steroid dienone is 2. The zero-order valence-electron chi connectivity index (χ0n) is 13.3. The van der Waals surface area contributed by atoms with Crippen LogP contribution < -0.4 is 5.73 Å². The van der Waals surface area contributed by atoms with Gasteiger partial charge < -0.3 is 10.5 Å². The van der Waals surface area contributed by atoms with Gasteiger partial charge >= 0.3 is 5.70 Å². The third-order valence-corrected chi connectivity index (χ3v) is 5.92. The summed E-state index contributed by atoms with van der Waals surface area (Å²) < 4.78 is 5.79. The van der Waals surface area contributed by atoms with Crippen LogP contribution in [0.25, 0.3) is 6.08 Å². The van der Waals surface area contributed by atoms with Crippen molar-refractivity contribution in [2.45, 2.75) is 25.2 Å². The quantitative estimate of drug-likeness (QED) is 0.617. The number of thiophene rings is 2. The molecule has 5 nitrogen and oxygen atoms in total. The fourth-order valence-corrected chi connectivity index (χ4v) is 4.77. The Labute approximate surface area is 152 Å². The van der Waals surface area contributed by atoms with E-state index in [0.29, 0.717) is 0 Å². The molecule has 1 aliphatic heterocycles. The number of hydrogen-bond donors (Lipinski definition) is 1. The lowest BCUT2D eigenvalue weighted by atomic mass is 9.79. The summed E-state index contributed by atoms with van der Waals surface area (Å²) in [4.78, 5) is 11.2. The fourth-order valence-electron chi connectivity index (χ4n) is 3.47.